The van der Waals surface area contributed by atoms with Gasteiger partial charge in [-0.2, -0.15) is 5.10 Å². The van der Waals surface area contributed by atoms with Gasteiger partial charge in [-0.15, -0.1) is 0 Å². The molecule has 0 heterocycles. The minimum Gasteiger partial charge on any atom is -0.300 e. The van der Waals surface area contributed by atoms with Crippen molar-refractivity contribution in [2.24, 2.45) is 5.10 Å². The Morgan fingerprint density at radius 1 is 1.69 bits per heavy atom. The summed E-state index contributed by atoms with van der Waals surface area (Å²) in [6.45, 7) is 5.29. The Bertz CT molecular complexity index is 208. The molecule has 0 saturated heterocycles. The van der Waals surface area contributed by atoms with Crippen LogP contribution in [0.2, 0.25) is 0 Å². The lowest BCUT2D eigenvalue weighted by molar-refractivity contribution is -0.521. The zero-order chi connectivity index (χ0) is 10.4. The lowest BCUT2D eigenvalue weighted by Crippen LogP contribution is -2.37. The van der Waals surface area contributed by atoms with E-state index < -0.39 is 6.04 Å². The summed E-state index contributed by atoms with van der Waals surface area (Å²) in [5.74, 6) is 0. The summed E-state index contributed by atoms with van der Waals surface area (Å²) in [7, 11) is 0. The summed E-state index contributed by atoms with van der Waals surface area (Å²) in [4.78, 5) is 10.1. The van der Waals surface area contributed by atoms with Gasteiger partial charge >= 0.3 is 0 Å². The van der Waals surface area contributed by atoms with Gasteiger partial charge in [0.25, 0.3) is 0 Å². The highest BCUT2D eigenvalue weighted by Gasteiger charge is 2.21. The molecule has 0 aromatic carbocycles. The summed E-state index contributed by atoms with van der Waals surface area (Å²) in [6.07, 6.45) is 0.840. The zero-order valence-corrected chi connectivity index (χ0v) is 10.1. The third-order valence-corrected chi connectivity index (χ3v) is 2.74. The molecule has 13 heavy (non-hydrogen) atoms. The Kier molecular flexibility index (Phi) is 5.93. The lowest BCUT2D eigenvalue weighted by Gasteiger charge is -2.12. The first-order valence-corrected chi connectivity index (χ1v) is 5.18. The van der Waals surface area contributed by atoms with Gasteiger partial charge in [-0.25, -0.2) is 0 Å². The van der Waals surface area contributed by atoms with Crippen molar-refractivity contribution in [3.05, 3.63) is 10.1 Å². The van der Waals surface area contributed by atoms with Crippen molar-refractivity contribution in [3.63, 3.8) is 0 Å². The summed E-state index contributed by atoms with van der Waals surface area (Å²) < 4.78 is 0.917. The molecule has 0 rings (SSSR count). The minimum absolute atomic E-state index is 0.244. The molecule has 2 unspecified atom stereocenters. The van der Waals surface area contributed by atoms with Gasteiger partial charge in [-0.3, -0.25) is 15.5 Å². The molecule has 0 aromatic rings. The van der Waals surface area contributed by atoms with Crippen LogP contribution in [-0.2, 0) is 0 Å². The van der Waals surface area contributed by atoms with Crippen molar-refractivity contribution in [1.82, 2.24) is 5.43 Å². The Labute approximate surface area is 91.3 Å². The van der Waals surface area contributed by atoms with Crippen molar-refractivity contribution in [2.75, 3.05) is 0 Å². The fourth-order valence-corrected chi connectivity index (χ4v) is 0.681. The number of rotatable bonds is 5. The summed E-state index contributed by atoms with van der Waals surface area (Å²) in [6, 6.07) is -0.865. The van der Waals surface area contributed by atoms with E-state index in [4.69, 9.17) is 0 Å². The zero-order valence-electron chi connectivity index (χ0n) is 7.95. The molecule has 0 amide bonds. The number of halogens is 1. The molecule has 1 N–H and O–H groups in total. The smallest absolute Gasteiger partial charge is 0.231 e. The summed E-state index contributed by atoms with van der Waals surface area (Å²) in [5.41, 5.74) is 2.75. The van der Waals surface area contributed by atoms with E-state index in [1.165, 1.54) is 0 Å². The summed E-state index contributed by atoms with van der Waals surface area (Å²) in [5, 5.41) is 14.4. The number of nitro groups is 1. The van der Waals surface area contributed by atoms with E-state index >= 15 is 0 Å². The highest BCUT2D eigenvalue weighted by molar-refractivity contribution is 14.1. The molecule has 0 spiro atoms. The third-order valence-electron chi connectivity index (χ3n) is 1.74. The van der Waals surface area contributed by atoms with E-state index in [-0.39, 0.29) is 11.0 Å². The van der Waals surface area contributed by atoms with Crippen LogP contribution in [0, 0.1) is 10.1 Å². The molecule has 76 valence electrons. The van der Waals surface area contributed by atoms with Crippen LogP contribution in [0.3, 0.4) is 0 Å². The Balaban J connectivity index is 4.00. The van der Waals surface area contributed by atoms with Gasteiger partial charge in [0.05, 0.1) is 3.72 Å². The number of nitrogens with one attached hydrogen (secondary N) is 1. The van der Waals surface area contributed by atoms with E-state index in [1.54, 1.807) is 13.8 Å². The normalized spacial score (nSPS) is 16.5. The van der Waals surface area contributed by atoms with Crippen molar-refractivity contribution in [2.45, 2.75) is 39.3 Å². The van der Waals surface area contributed by atoms with Gasteiger partial charge < -0.3 is 0 Å². The van der Waals surface area contributed by atoms with Gasteiger partial charge in [-0.1, -0.05) is 6.92 Å². The van der Waals surface area contributed by atoms with Crippen molar-refractivity contribution < 1.29 is 4.92 Å². The fourth-order valence-electron chi connectivity index (χ4n) is 0.541. The predicted octanol–water partition coefficient (Wildman–Crippen LogP) is 1.79. The second-order valence-corrected chi connectivity index (χ2v) is 4.03. The molecule has 0 bridgehead atoms. The van der Waals surface area contributed by atoms with Crippen molar-refractivity contribution >= 4 is 26.3 Å². The van der Waals surface area contributed by atoms with Gasteiger partial charge in [0.2, 0.25) is 6.04 Å². The molecule has 2 atom stereocenters. The van der Waals surface area contributed by atoms with Gasteiger partial charge in [0.1, 0.15) is 6.04 Å². The molecular weight excluding hydrogens is 285 g/mol. The largest absolute Gasteiger partial charge is 0.300 e. The van der Waals surface area contributed by atoms with Crippen LogP contribution < -0.4 is 5.43 Å². The van der Waals surface area contributed by atoms with Crippen LogP contribution in [0.4, 0.5) is 0 Å². The topological polar surface area (TPSA) is 67.5 Å². The van der Waals surface area contributed by atoms with Crippen LogP contribution in [0.15, 0.2) is 5.10 Å². The SMILES string of the molecule is CC/C(I)=N\NC(C)C(C)[N+](=O)[O-]. The summed E-state index contributed by atoms with van der Waals surface area (Å²) >= 11 is 2.10. The molecule has 0 fully saturated rings. The molecule has 6 heteroatoms. The van der Waals surface area contributed by atoms with Crippen LogP contribution >= 0.6 is 22.6 Å². The number of nitrogens with zero attached hydrogens (tertiary/aromatic N) is 2. The molecule has 0 saturated carbocycles. The quantitative estimate of drug-likeness (QED) is 0.364. The molecule has 0 aliphatic carbocycles. The maximum Gasteiger partial charge on any atom is 0.231 e. The van der Waals surface area contributed by atoms with Crippen LogP contribution in [0.25, 0.3) is 0 Å². The Morgan fingerprint density at radius 2 is 2.23 bits per heavy atom. The van der Waals surface area contributed by atoms with Crippen LogP contribution in [0.5, 0.6) is 0 Å². The highest BCUT2D eigenvalue weighted by Crippen LogP contribution is 1.99. The lowest BCUT2D eigenvalue weighted by atomic mass is 10.2. The van der Waals surface area contributed by atoms with E-state index in [0.29, 0.717) is 0 Å². The van der Waals surface area contributed by atoms with Gasteiger partial charge in [0.15, 0.2) is 0 Å². The average Bonchev–Trinajstić information content (AvgIpc) is 2.11. The van der Waals surface area contributed by atoms with E-state index in [9.17, 15) is 10.1 Å². The number of hydrogen-bond donors (Lipinski definition) is 1. The third kappa shape index (κ3) is 5.02. The van der Waals surface area contributed by atoms with Crippen molar-refractivity contribution in [1.29, 1.82) is 0 Å². The molecular formula is C7H14IN3O2. The number of hydrogen-bond acceptors (Lipinski definition) is 4. The molecule has 5 nitrogen and oxygen atoms in total. The second-order valence-electron chi connectivity index (χ2n) is 2.79. The second kappa shape index (κ2) is 6.11. The van der Waals surface area contributed by atoms with Crippen molar-refractivity contribution in [3.8, 4) is 0 Å². The Hall–Kier alpha value is -0.400. The molecule has 0 aromatic heterocycles. The fraction of sp³-hybridized carbons (Fsp3) is 0.857. The first-order chi connectivity index (χ1) is 5.99. The highest BCUT2D eigenvalue weighted by atomic mass is 127. The standard InChI is InChI=1S/C7H14IN3O2/c1-4-7(8)10-9-5(2)6(3)11(12)13/h5-6,9H,4H2,1-3H3/b10-7+. The van der Waals surface area contributed by atoms with E-state index in [1.807, 2.05) is 6.92 Å². The van der Waals surface area contributed by atoms with Gasteiger partial charge in [0, 0.05) is 11.8 Å². The molecule has 0 aliphatic rings. The maximum atomic E-state index is 10.4. The monoisotopic (exact) mass is 299 g/mol. The van der Waals surface area contributed by atoms with Crippen LogP contribution in [-0.4, -0.2) is 20.7 Å². The average molecular weight is 299 g/mol. The minimum atomic E-state index is -0.621. The van der Waals surface area contributed by atoms with E-state index in [2.05, 4.69) is 33.1 Å². The molecule has 0 radical (unpaired) electrons. The molecule has 0 aliphatic heterocycles. The van der Waals surface area contributed by atoms with Crippen LogP contribution in [0.1, 0.15) is 27.2 Å². The van der Waals surface area contributed by atoms with Gasteiger partial charge in [-0.05, 0) is 35.9 Å². The Morgan fingerprint density at radius 3 is 2.62 bits per heavy atom. The predicted molar refractivity (Wildman–Crippen MR) is 60.8 cm³/mol. The first kappa shape index (κ1) is 12.6. The van der Waals surface area contributed by atoms with E-state index in [0.717, 1.165) is 10.1 Å². The first-order valence-electron chi connectivity index (χ1n) is 4.10. The maximum absolute atomic E-state index is 10.4. The number of hydrazone groups is 1.